The molecule has 0 unspecified atom stereocenters. The average molecular weight is 257 g/mol. The largest absolute Gasteiger partial charge is 0.249 e. The van der Waals surface area contributed by atoms with Crippen molar-refractivity contribution in [3.63, 3.8) is 0 Å². The molecule has 0 N–H and O–H groups in total. The molecule has 1 rings (SSSR count). The molecule has 5 heteroatoms. The van der Waals surface area contributed by atoms with E-state index in [1.807, 2.05) is 36.5 Å². The van der Waals surface area contributed by atoms with Crippen LogP contribution in [-0.2, 0) is 5.75 Å². The summed E-state index contributed by atoms with van der Waals surface area (Å²) in [4.78, 5) is 1.28. The lowest BCUT2D eigenvalue weighted by Gasteiger charge is -2.11. The highest BCUT2D eigenvalue weighted by Gasteiger charge is 2.07. The number of nitriles is 1. The molecule has 0 aromatic heterocycles. The molecule has 0 spiro atoms. The first-order chi connectivity index (χ1) is 7.27. The minimum absolute atomic E-state index is 0.108. The molecule has 0 heterocycles. The van der Waals surface area contributed by atoms with Crippen LogP contribution in [0.15, 0.2) is 30.3 Å². The maximum absolute atomic E-state index is 8.68. The number of rotatable bonds is 3. The molecule has 0 radical (unpaired) electrons. The Kier molecular flexibility index (Phi) is 5.48. The van der Waals surface area contributed by atoms with E-state index < -0.39 is 0 Å². The smallest absolute Gasteiger partial charge is 0.186 e. The second kappa shape index (κ2) is 6.67. The Morgan fingerprint density at radius 1 is 1.47 bits per heavy atom. The van der Waals surface area contributed by atoms with E-state index in [1.54, 1.807) is 0 Å². The fraction of sp³-hybridized carbons (Fsp3) is 0.200. The Morgan fingerprint density at radius 2 is 2.13 bits per heavy atom. The van der Waals surface area contributed by atoms with E-state index in [0.29, 0.717) is 4.32 Å². The minimum atomic E-state index is 0.108. The van der Waals surface area contributed by atoms with E-state index >= 15 is 0 Å². The van der Waals surface area contributed by atoms with Crippen LogP contribution < -0.4 is 0 Å². The molecule has 0 atom stereocenters. The van der Waals surface area contributed by atoms with E-state index in [-0.39, 0.29) is 6.00 Å². The van der Waals surface area contributed by atoms with Crippen LogP contribution in [0.25, 0.3) is 0 Å². The Labute approximate surface area is 104 Å². The van der Waals surface area contributed by atoms with Crippen LogP contribution in [0.3, 0.4) is 0 Å². The van der Waals surface area contributed by atoms with Crippen LogP contribution in [0.5, 0.6) is 0 Å². The Morgan fingerprint density at radius 3 is 2.67 bits per heavy atom. The fourth-order valence-corrected chi connectivity index (χ4v) is 2.25. The van der Waals surface area contributed by atoms with Crippen molar-refractivity contribution in [2.24, 2.45) is 0 Å². The fourth-order valence-electron chi connectivity index (χ4n) is 0.914. The van der Waals surface area contributed by atoms with Gasteiger partial charge in [0, 0.05) is 5.75 Å². The van der Waals surface area contributed by atoms with E-state index in [2.05, 4.69) is 0 Å². The lowest BCUT2D eigenvalue weighted by molar-refractivity contribution is 0.705. The zero-order chi connectivity index (χ0) is 11.1. The zero-order valence-corrected chi connectivity index (χ0v) is 10.3. The third kappa shape index (κ3) is 4.08. The number of thiocarbonyl (C=S) groups is 1. The Bertz CT molecular complexity index is 361. The van der Waals surface area contributed by atoms with Gasteiger partial charge < -0.3 is 0 Å². The summed E-state index contributed by atoms with van der Waals surface area (Å²) in [6, 6.07) is 10.1. The normalized spacial score (nSPS) is 9.33. The van der Waals surface area contributed by atoms with Gasteiger partial charge in [-0.05, 0) is 5.56 Å². The SMILES string of the molecule is N#CN(CCl)C(=S)SCc1ccccc1. The molecule has 0 saturated heterocycles. The molecule has 0 aliphatic rings. The van der Waals surface area contributed by atoms with Crippen molar-refractivity contribution >= 4 is 39.9 Å². The average Bonchev–Trinajstić information content (AvgIpc) is 2.29. The third-order valence-electron chi connectivity index (χ3n) is 1.67. The first-order valence-corrected chi connectivity index (χ1v) is 6.14. The number of benzene rings is 1. The highest BCUT2D eigenvalue weighted by atomic mass is 35.5. The van der Waals surface area contributed by atoms with Crippen LogP contribution in [0.2, 0.25) is 0 Å². The summed E-state index contributed by atoms with van der Waals surface area (Å²) < 4.78 is 0.511. The zero-order valence-electron chi connectivity index (χ0n) is 7.89. The van der Waals surface area contributed by atoms with Gasteiger partial charge in [-0.15, -0.1) is 11.6 Å². The van der Waals surface area contributed by atoms with Crippen molar-refractivity contribution in [1.29, 1.82) is 5.26 Å². The summed E-state index contributed by atoms with van der Waals surface area (Å²) in [5, 5.41) is 8.68. The summed E-state index contributed by atoms with van der Waals surface area (Å²) in [5.74, 6) is 0.759. The monoisotopic (exact) mass is 256 g/mol. The number of nitrogens with zero attached hydrogens (tertiary/aromatic N) is 2. The summed E-state index contributed by atoms with van der Waals surface area (Å²) in [7, 11) is 0. The van der Waals surface area contributed by atoms with Crippen LogP contribution >= 0.6 is 35.6 Å². The van der Waals surface area contributed by atoms with Gasteiger partial charge in [-0.3, -0.25) is 0 Å². The lowest BCUT2D eigenvalue weighted by Crippen LogP contribution is -2.19. The highest BCUT2D eigenvalue weighted by molar-refractivity contribution is 8.22. The van der Waals surface area contributed by atoms with Crippen LogP contribution in [0, 0.1) is 11.5 Å². The topological polar surface area (TPSA) is 27.0 Å². The maximum atomic E-state index is 8.68. The number of halogens is 1. The summed E-state index contributed by atoms with van der Waals surface area (Å²) in [5.41, 5.74) is 1.18. The van der Waals surface area contributed by atoms with Gasteiger partial charge in [0.1, 0.15) is 6.00 Å². The molecule has 0 amide bonds. The molecular formula is C10H9ClN2S2. The van der Waals surface area contributed by atoms with Crippen molar-refractivity contribution in [3.8, 4) is 6.19 Å². The molecular weight excluding hydrogens is 248 g/mol. The number of hydrogen-bond acceptors (Lipinski definition) is 3. The molecule has 0 bridgehead atoms. The predicted octanol–water partition coefficient (Wildman–Crippen LogP) is 3.18. The second-order valence-electron chi connectivity index (χ2n) is 2.69. The number of alkyl halides is 1. The standard InChI is InChI=1S/C10H9ClN2S2/c11-7-13(8-12)10(14)15-6-9-4-2-1-3-5-9/h1-5H,6-7H2. The number of thioether (sulfide) groups is 1. The van der Waals surface area contributed by atoms with Gasteiger partial charge in [0.05, 0.1) is 0 Å². The molecule has 1 aromatic carbocycles. The minimum Gasteiger partial charge on any atom is -0.249 e. The van der Waals surface area contributed by atoms with Crippen LogP contribution in [0.1, 0.15) is 5.56 Å². The maximum Gasteiger partial charge on any atom is 0.186 e. The van der Waals surface area contributed by atoms with Crippen molar-refractivity contribution < 1.29 is 0 Å². The summed E-state index contributed by atoms with van der Waals surface area (Å²) in [6.45, 7) is 0. The van der Waals surface area contributed by atoms with E-state index in [9.17, 15) is 0 Å². The Hall–Kier alpha value is -0.760. The highest BCUT2D eigenvalue weighted by Crippen LogP contribution is 2.16. The lowest BCUT2D eigenvalue weighted by atomic mass is 10.2. The molecule has 15 heavy (non-hydrogen) atoms. The molecule has 78 valence electrons. The van der Waals surface area contributed by atoms with E-state index in [1.165, 1.54) is 22.2 Å². The molecule has 0 aliphatic carbocycles. The van der Waals surface area contributed by atoms with Crippen molar-refractivity contribution in [1.82, 2.24) is 4.90 Å². The molecule has 1 aromatic rings. The van der Waals surface area contributed by atoms with Crippen LogP contribution in [-0.4, -0.2) is 15.2 Å². The molecule has 0 saturated carbocycles. The van der Waals surface area contributed by atoms with Crippen LogP contribution in [0.4, 0.5) is 0 Å². The van der Waals surface area contributed by atoms with Gasteiger partial charge in [-0.2, -0.15) is 5.26 Å². The second-order valence-corrected chi connectivity index (χ2v) is 4.54. The van der Waals surface area contributed by atoms with Gasteiger partial charge in [-0.25, -0.2) is 4.90 Å². The predicted molar refractivity (Wildman–Crippen MR) is 68.5 cm³/mol. The first-order valence-electron chi connectivity index (χ1n) is 4.22. The van der Waals surface area contributed by atoms with Gasteiger partial charge in [0.25, 0.3) is 0 Å². The molecule has 2 nitrogen and oxygen atoms in total. The van der Waals surface area contributed by atoms with E-state index in [0.717, 1.165) is 5.75 Å². The molecule has 0 fully saturated rings. The van der Waals surface area contributed by atoms with Gasteiger partial charge in [0.2, 0.25) is 0 Å². The quantitative estimate of drug-likeness (QED) is 0.273. The van der Waals surface area contributed by atoms with Gasteiger partial charge >= 0.3 is 0 Å². The van der Waals surface area contributed by atoms with Crippen molar-refractivity contribution in [2.45, 2.75) is 5.75 Å². The summed E-state index contributed by atoms with van der Waals surface area (Å²) >= 11 is 12.0. The van der Waals surface area contributed by atoms with Gasteiger partial charge in [0.15, 0.2) is 10.5 Å². The van der Waals surface area contributed by atoms with Crippen molar-refractivity contribution in [3.05, 3.63) is 35.9 Å². The first kappa shape index (κ1) is 12.3. The molecule has 0 aliphatic heterocycles. The number of hydrogen-bond donors (Lipinski definition) is 0. The van der Waals surface area contributed by atoms with E-state index in [4.69, 9.17) is 29.1 Å². The summed E-state index contributed by atoms with van der Waals surface area (Å²) in [6.07, 6.45) is 1.93. The van der Waals surface area contributed by atoms with Gasteiger partial charge in [-0.1, -0.05) is 54.3 Å². The van der Waals surface area contributed by atoms with Crippen molar-refractivity contribution in [2.75, 3.05) is 6.00 Å². The Balaban J connectivity index is 2.45. The third-order valence-corrected chi connectivity index (χ3v) is 3.42.